The van der Waals surface area contributed by atoms with Crippen LogP contribution in [0.5, 0.6) is 0 Å². The lowest BCUT2D eigenvalue weighted by atomic mass is 10.1. The van der Waals surface area contributed by atoms with Crippen molar-refractivity contribution in [2.24, 2.45) is 0 Å². The van der Waals surface area contributed by atoms with E-state index in [9.17, 15) is 4.79 Å². The highest BCUT2D eigenvalue weighted by Crippen LogP contribution is 2.16. The van der Waals surface area contributed by atoms with E-state index in [0.29, 0.717) is 0 Å². The quantitative estimate of drug-likeness (QED) is 0.838. The third-order valence-electron chi connectivity index (χ3n) is 4.92. The molecule has 1 fully saturated rings. The number of hydrogen-bond acceptors (Lipinski definition) is 4. The van der Waals surface area contributed by atoms with Crippen molar-refractivity contribution < 1.29 is 4.79 Å². The van der Waals surface area contributed by atoms with E-state index in [0.717, 1.165) is 56.8 Å². The molecule has 0 N–H and O–H groups in total. The number of aryl methyl sites for hydroxylation is 3. The number of amides is 1. The van der Waals surface area contributed by atoms with Crippen molar-refractivity contribution in [1.29, 1.82) is 0 Å². The predicted octanol–water partition coefficient (Wildman–Crippen LogP) is 3.67. The molecule has 0 bridgehead atoms. The van der Waals surface area contributed by atoms with Crippen LogP contribution in [0.15, 0.2) is 23.6 Å². The Morgan fingerprint density at radius 1 is 1.16 bits per heavy atom. The lowest BCUT2D eigenvalue weighted by Gasteiger charge is -2.22. The second-order valence-corrected chi connectivity index (χ2v) is 7.75. The van der Waals surface area contributed by atoms with Gasteiger partial charge in [0.25, 0.3) is 5.91 Å². The third-order valence-corrected chi connectivity index (χ3v) is 5.96. The van der Waals surface area contributed by atoms with E-state index >= 15 is 0 Å². The summed E-state index contributed by atoms with van der Waals surface area (Å²) >= 11 is 1.75. The topological polar surface area (TPSA) is 36.4 Å². The number of benzene rings is 1. The second kappa shape index (κ2) is 8.11. The molecule has 134 valence electrons. The van der Waals surface area contributed by atoms with Crippen LogP contribution in [0.2, 0.25) is 0 Å². The van der Waals surface area contributed by atoms with E-state index in [1.54, 1.807) is 11.3 Å². The zero-order chi connectivity index (χ0) is 17.8. The Balaban J connectivity index is 1.60. The fourth-order valence-corrected chi connectivity index (χ4v) is 3.94. The van der Waals surface area contributed by atoms with Crippen LogP contribution in [-0.4, -0.2) is 46.9 Å². The van der Waals surface area contributed by atoms with Crippen molar-refractivity contribution in [3.05, 3.63) is 51.0 Å². The van der Waals surface area contributed by atoms with E-state index in [1.807, 2.05) is 23.1 Å². The van der Waals surface area contributed by atoms with Crippen molar-refractivity contribution >= 4 is 17.2 Å². The first-order valence-corrected chi connectivity index (χ1v) is 9.97. The van der Waals surface area contributed by atoms with Crippen LogP contribution in [0, 0.1) is 13.8 Å². The number of nitrogens with zero attached hydrogens (tertiary/aromatic N) is 3. The maximum atomic E-state index is 12.8. The fourth-order valence-electron chi connectivity index (χ4n) is 3.20. The van der Waals surface area contributed by atoms with Gasteiger partial charge in [0.05, 0.1) is 10.7 Å². The molecule has 0 radical (unpaired) electrons. The van der Waals surface area contributed by atoms with Gasteiger partial charge in [-0.25, -0.2) is 4.98 Å². The van der Waals surface area contributed by atoms with Crippen molar-refractivity contribution in [3.63, 3.8) is 0 Å². The minimum absolute atomic E-state index is 0.159. The minimum atomic E-state index is 0.159. The Bertz CT molecular complexity index is 740. The lowest BCUT2D eigenvalue weighted by molar-refractivity contribution is 0.0761. The molecule has 0 spiro atoms. The first-order valence-electron chi connectivity index (χ1n) is 9.09. The molecule has 2 aromatic rings. The first kappa shape index (κ1) is 18.1. The summed E-state index contributed by atoms with van der Waals surface area (Å²) < 4.78 is 0. The molecule has 2 heterocycles. The maximum absolute atomic E-state index is 12.8. The number of hydrogen-bond donors (Lipinski definition) is 0. The highest BCUT2D eigenvalue weighted by molar-refractivity contribution is 7.09. The van der Waals surface area contributed by atoms with E-state index in [2.05, 4.69) is 36.0 Å². The Morgan fingerprint density at radius 3 is 2.72 bits per heavy atom. The summed E-state index contributed by atoms with van der Waals surface area (Å²) in [5.74, 6) is 0.159. The van der Waals surface area contributed by atoms with Gasteiger partial charge in [0, 0.05) is 43.7 Å². The van der Waals surface area contributed by atoms with Gasteiger partial charge in [-0.1, -0.05) is 13.0 Å². The van der Waals surface area contributed by atoms with Gasteiger partial charge in [0.1, 0.15) is 0 Å². The monoisotopic (exact) mass is 357 g/mol. The summed E-state index contributed by atoms with van der Waals surface area (Å²) in [6.45, 7) is 10.7. The average molecular weight is 358 g/mol. The molecule has 0 saturated carbocycles. The number of carbonyl (C=O) groups excluding carboxylic acids is 1. The maximum Gasteiger partial charge on any atom is 0.253 e. The molecule has 1 amide bonds. The van der Waals surface area contributed by atoms with Crippen molar-refractivity contribution in [2.45, 2.75) is 40.2 Å². The van der Waals surface area contributed by atoms with Gasteiger partial charge in [0.2, 0.25) is 0 Å². The van der Waals surface area contributed by atoms with Crippen LogP contribution in [0.3, 0.4) is 0 Å². The summed E-state index contributed by atoms with van der Waals surface area (Å²) in [5, 5.41) is 3.37. The van der Waals surface area contributed by atoms with Crippen molar-refractivity contribution in [3.8, 4) is 0 Å². The van der Waals surface area contributed by atoms with Crippen LogP contribution in [-0.2, 0) is 13.0 Å². The largest absolute Gasteiger partial charge is 0.337 e. The average Bonchev–Trinajstić information content (AvgIpc) is 2.94. The Labute approximate surface area is 154 Å². The Hall–Kier alpha value is -1.72. The fraction of sp³-hybridized carbons (Fsp3) is 0.500. The molecular formula is C20H27N3OS. The molecule has 5 heteroatoms. The van der Waals surface area contributed by atoms with Crippen LogP contribution in [0.4, 0.5) is 0 Å². The molecule has 1 aromatic heterocycles. The molecule has 25 heavy (non-hydrogen) atoms. The number of rotatable bonds is 4. The smallest absolute Gasteiger partial charge is 0.253 e. The molecular weight excluding hydrogens is 330 g/mol. The van der Waals surface area contributed by atoms with E-state index in [-0.39, 0.29) is 5.91 Å². The zero-order valence-corrected chi connectivity index (χ0v) is 16.2. The van der Waals surface area contributed by atoms with Crippen LogP contribution >= 0.6 is 11.3 Å². The van der Waals surface area contributed by atoms with Crippen LogP contribution in [0.1, 0.15) is 45.5 Å². The van der Waals surface area contributed by atoms with Gasteiger partial charge in [0.15, 0.2) is 0 Å². The molecule has 1 saturated heterocycles. The van der Waals surface area contributed by atoms with Crippen LogP contribution < -0.4 is 0 Å². The van der Waals surface area contributed by atoms with Gasteiger partial charge >= 0.3 is 0 Å². The molecule has 3 rings (SSSR count). The Morgan fingerprint density at radius 2 is 2.00 bits per heavy atom. The summed E-state index contributed by atoms with van der Waals surface area (Å²) in [4.78, 5) is 21.9. The Kier molecular flexibility index (Phi) is 5.86. The third kappa shape index (κ3) is 4.47. The summed E-state index contributed by atoms with van der Waals surface area (Å²) in [7, 11) is 0. The van der Waals surface area contributed by atoms with E-state index in [4.69, 9.17) is 0 Å². The van der Waals surface area contributed by atoms with Crippen molar-refractivity contribution in [2.75, 3.05) is 26.2 Å². The van der Waals surface area contributed by atoms with Crippen LogP contribution in [0.25, 0.3) is 0 Å². The van der Waals surface area contributed by atoms with Gasteiger partial charge in [-0.2, -0.15) is 0 Å². The summed E-state index contributed by atoms with van der Waals surface area (Å²) in [6, 6.07) is 6.01. The molecule has 0 aliphatic carbocycles. The minimum Gasteiger partial charge on any atom is -0.337 e. The summed E-state index contributed by atoms with van der Waals surface area (Å²) in [5.41, 5.74) is 4.38. The van der Waals surface area contributed by atoms with Gasteiger partial charge in [-0.15, -0.1) is 11.3 Å². The molecule has 0 unspecified atom stereocenters. The van der Waals surface area contributed by atoms with Gasteiger partial charge in [-0.05, 0) is 49.9 Å². The second-order valence-electron chi connectivity index (χ2n) is 6.81. The van der Waals surface area contributed by atoms with Gasteiger partial charge < -0.3 is 4.90 Å². The summed E-state index contributed by atoms with van der Waals surface area (Å²) in [6.07, 6.45) is 2.02. The molecule has 4 nitrogen and oxygen atoms in total. The highest BCUT2D eigenvalue weighted by Gasteiger charge is 2.21. The van der Waals surface area contributed by atoms with E-state index in [1.165, 1.54) is 16.1 Å². The molecule has 1 aliphatic rings. The first-order chi connectivity index (χ1) is 12.1. The zero-order valence-electron chi connectivity index (χ0n) is 15.4. The number of carbonyl (C=O) groups is 1. The SMILES string of the molecule is CCc1nc(CN2CCCN(C(=O)c3ccc(C)c(C)c3)CC2)cs1. The number of aromatic nitrogens is 1. The van der Waals surface area contributed by atoms with Crippen molar-refractivity contribution in [1.82, 2.24) is 14.8 Å². The standard InChI is InChI=1S/C20H27N3OS/c1-4-19-21-18(14-25-19)13-22-8-5-9-23(11-10-22)20(24)17-7-6-15(2)16(3)12-17/h6-7,12,14H,4-5,8-11,13H2,1-3H3. The molecule has 0 atom stereocenters. The number of thiazole rings is 1. The molecule has 1 aromatic carbocycles. The highest BCUT2D eigenvalue weighted by atomic mass is 32.1. The van der Waals surface area contributed by atoms with E-state index < -0.39 is 0 Å². The lowest BCUT2D eigenvalue weighted by Crippen LogP contribution is -2.35. The normalized spacial score (nSPS) is 16.0. The molecule has 1 aliphatic heterocycles. The predicted molar refractivity (Wildman–Crippen MR) is 103 cm³/mol. The van der Waals surface area contributed by atoms with Gasteiger partial charge in [-0.3, -0.25) is 9.69 Å².